The topological polar surface area (TPSA) is 92.5 Å². The zero-order valence-electron chi connectivity index (χ0n) is 14.6. The van der Waals surface area contributed by atoms with Gasteiger partial charge in [0, 0.05) is 19.6 Å². The van der Waals surface area contributed by atoms with Crippen molar-refractivity contribution < 1.29 is 13.2 Å². The molecule has 0 radical (unpaired) electrons. The molecule has 134 valence electrons. The Labute approximate surface area is 144 Å². The molecule has 1 aromatic rings. The van der Waals surface area contributed by atoms with Crippen molar-refractivity contribution in [3.05, 3.63) is 29.8 Å². The SMILES string of the molecule is CC(C)N(C)S(=O)(=O)c1ccc(CNC(=O)C2(N)CCCC2)cc1. The number of sulfonamides is 1. The number of hydrogen-bond donors (Lipinski definition) is 2. The lowest BCUT2D eigenvalue weighted by molar-refractivity contribution is -0.126. The molecule has 1 saturated carbocycles. The average Bonchev–Trinajstić information content (AvgIpc) is 3.00. The molecular weight excluding hydrogens is 326 g/mol. The van der Waals surface area contributed by atoms with E-state index < -0.39 is 15.6 Å². The molecule has 7 heteroatoms. The number of rotatable bonds is 6. The first-order valence-corrected chi connectivity index (χ1v) is 9.75. The van der Waals surface area contributed by atoms with E-state index in [0.29, 0.717) is 6.54 Å². The smallest absolute Gasteiger partial charge is 0.243 e. The molecule has 1 aliphatic carbocycles. The van der Waals surface area contributed by atoms with Crippen LogP contribution in [-0.2, 0) is 21.4 Å². The second kappa shape index (κ2) is 7.21. The highest BCUT2D eigenvalue weighted by Gasteiger charge is 2.36. The molecule has 2 rings (SSSR count). The summed E-state index contributed by atoms with van der Waals surface area (Å²) in [4.78, 5) is 12.4. The zero-order valence-corrected chi connectivity index (χ0v) is 15.4. The summed E-state index contributed by atoms with van der Waals surface area (Å²) < 4.78 is 26.1. The van der Waals surface area contributed by atoms with Crippen molar-refractivity contribution in [3.63, 3.8) is 0 Å². The summed E-state index contributed by atoms with van der Waals surface area (Å²) in [5, 5.41) is 2.86. The summed E-state index contributed by atoms with van der Waals surface area (Å²) in [5.41, 5.74) is 6.21. The zero-order chi connectivity index (χ0) is 18.0. The Morgan fingerprint density at radius 2 is 1.79 bits per heavy atom. The molecule has 0 bridgehead atoms. The maximum atomic E-state index is 12.4. The van der Waals surface area contributed by atoms with Gasteiger partial charge in [-0.3, -0.25) is 4.79 Å². The fraction of sp³-hybridized carbons (Fsp3) is 0.588. The van der Waals surface area contributed by atoms with Crippen LogP contribution in [0.15, 0.2) is 29.2 Å². The van der Waals surface area contributed by atoms with Gasteiger partial charge in [0.2, 0.25) is 15.9 Å². The fourth-order valence-corrected chi connectivity index (χ4v) is 4.18. The van der Waals surface area contributed by atoms with Crippen molar-refractivity contribution in [1.82, 2.24) is 9.62 Å². The fourth-order valence-electron chi connectivity index (χ4n) is 2.81. The monoisotopic (exact) mass is 353 g/mol. The predicted molar refractivity (Wildman–Crippen MR) is 93.8 cm³/mol. The van der Waals surface area contributed by atoms with Crippen molar-refractivity contribution in [3.8, 4) is 0 Å². The van der Waals surface area contributed by atoms with Crippen molar-refractivity contribution >= 4 is 15.9 Å². The number of hydrogen-bond acceptors (Lipinski definition) is 4. The third-order valence-corrected chi connectivity index (χ3v) is 6.78. The van der Waals surface area contributed by atoms with Crippen molar-refractivity contribution in [2.24, 2.45) is 5.73 Å². The highest BCUT2D eigenvalue weighted by Crippen LogP contribution is 2.27. The Bertz CT molecular complexity index is 678. The minimum atomic E-state index is -3.48. The Kier molecular flexibility index (Phi) is 5.67. The first-order chi connectivity index (χ1) is 11.2. The summed E-state index contributed by atoms with van der Waals surface area (Å²) in [6.07, 6.45) is 3.41. The van der Waals surface area contributed by atoms with Gasteiger partial charge >= 0.3 is 0 Å². The van der Waals surface area contributed by atoms with E-state index in [-0.39, 0.29) is 16.8 Å². The minimum absolute atomic E-state index is 0.110. The van der Waals surface area contributed by atoms with E-state index in [1.807, 2.05) is 13.8 Å². The van der Waals surface area contributed by atoms with Crippen LogP contribution in [0.5, 0.6) is 0 Å². The molecule has 0 saturated heterocycles. The number of carbonyl (C=O) groups excluding carboxylic acids is 1. The largest absolute Gasteiger partial charge is 0.350 e. The second-order valence-corrected chi connectivity index (χ2v) is 8.80. The second-order valence-electron chi connectivity index (χ2n) is 6.80. The van der Waals surface area contributed by atoms with E-state index in [0.717, 1.165) is 31.2 Å². The average molecular weight is 353 g/mol. The van der Waals surface area contributed by atoms with Gasteiger partial charge in [0.1, 0.15) is 0 Å². The van der Waals surface area contributed by atoms with Gasteiger partial charge in [-0.25, -0.2) is 8.42 Å². The van der Waals surface area contributed by atoms with Crippen LogP contribution in [0, 0.1) is 0 Å². The number of benzene rings is 1. The van der Waals surface area contributed by atoms with Crippen LogP contribution in [-0.4, -0.2) is 37.3 Å². The van der Waals surface area contributed by atoms with E-state index in [1.54, 1.807) is 31.3 Å². The molecule has 1 aromatic carbocycles. The highest BCUT2D eigenvalue weighted by molar-refractivity contribution is 7.89. The third kappa shape index (κ3) is 3.96. The van der Waals surface area contributed by atoms with E-state index in [2.05, 4.69) is 5.32 Å². The molecule has 0 aromatic heterocycles. The van der Waals surface area contributed by atoms with E-state index in [4.69, 9.17) is 5.73 Å². The van der Waals surface area contributed by atoms with Gasteiger partial charge in [0.05, 0.1) is 10.4 Å². The molecule has 1 amide bonds. The summed E-state index contributed by atoms with van der Waals surface area (Å²) in [6, 6.07) is 6.48. The van der Waals surface area contributed by atoms with Crippen molar-refractivity contribution in [1.29, 1.82) is 0 Å². The molecule has 0 aliphatic heterocycles. The minimum Gasteiger partial charge on any atom is -0.350 e. The van der Waals surface area contributed by atoms with Gasteiger partial charge in [0.25, 0.3) is 0 Å². The Balaban J connectivity index is 2.01. The molecule has 0 spiro atoms. The van der Waals surface area contributed by atoms with Gasteiger partial charge in [-0.2, -0.15) is 4.31 Å². The lowest BCUT2D eigenvalue weighted by Gasteiger charge is -2.22. The first kappa shape index (κ1) is 18.9. The molecule has 0 heterocycles. The lowest BCUT2D eigenvalue weighted by Crippen LogP contribution is -2.51. The van der Waals surface area contributed by atoms with Crippen LogP contribution in [0.3, 0.4) is 0 Å². The molecule has 0 atom stereocenters. The Hall–Kier alpha value is -1.44. The number of carbonyl (C=O) groups is 1. The van der Waals surface area contributed by atoms with Gasteiger partial charge in [-0.1, -0.05) is 25.0 Å². The summed E-state index contributed by atoms with van der Waals surface area (Å²) in [6.45, 7) is 4.00. The van der Waals surface area contributed by atoms with Gasteiger partial charge in [-0.05, 0) is 44.4 Å². The maximum absolute atomic E-state index is 12.4. The standard InChI is InChI=1S/C17H27N3O3S/c1-13(2)20(3)24(22,23)15-8-6-14(7-9-15)12-19-16(21)17(18)10-4-5-11-17/h6-9,13H,4-5,10-12,18H2,1-3H3,(H,19,21). The first-order valence-electron chi connectivity index (χ1n) is 8.31. The maximum Gasteiger partial charge on any atom is 0.243 e. The molecule has 6 nitrogen and oxygen atoms in total. The van der Waals surface area contributed by atoms with Crippen LogP contribution in [0.2, 0.25) is 0 Å². The molecular formula is C17H27N3O3S. The summed E-state index contributed by atoms with van der Waals surface area (Å²) in [5.74, 6) is -0.128. The number of nitrogens with one attached hydrogen (secondary N) is 1. The molecule has 3 N–H and O–H groups in total. The van der Waals surface area contributed by atoms with E-state index in [1.165, 1.54) is 4.31 Å². The van der Waals surface area contributed by atoms with Crippen LogP contribution in [0.4, 0.5) is 0 Å². The quantitative estimate of drug-likeness (QED) is 0.812. The summed E-state index contributed by atoms with van der Waals surface area (Å²) >= 11 is 0. The number of nitrogens with zero attached hydrogens (tertiary/aromatic N) is 1. The lowest BCUT2D eigenvalue weighted by atomic mass is 9.98. The number of amides is 1. The number of nitrogens with two attached hydrogens (primary N) is 1. The summed E-state index contributed by atoms with van der Waals surface area (Å²) in [7, 11) is -1.92. The van der Waals surface area contributed by atoms with Crippen molar-refractivity contribution in [2.45, 2.75) is 62.6 Å². The Morgan fingerprint density at radius 1 is 1.25 bits per heavy atom. The molecule has 1 aliphatic rings. The molecule has 0 unspecified atom stereocenters. The van der Waals surface area contributed by atoms with E-state index >= 15 is 0 Å². The highest BCUT2D eigenvalue weighted by atomic mass is 32.2. The van der Waals surface area contributed by atoms with Gasteiger partial charge < -0.3 is 11.1 Å². The van der Waals surface area contributed by atoms with Crippen LogP contribution >= 0.6 is 0 Å². The molecule has 1 fully saturated rings. The Morgan fingerprint density at radius 3 is 2.29 bits per heavy atom. The molecule has 24 heavy (non-hydrogen) atoms. The van der Waals surface area contributed by atoms with Crippen LogP contribution < -0.4 is 11.1 Å². The van der Waals surface area contributed by atoms with Crippen LogP contribution in [0.1, 0.15) is 45.1 Å². The van der Waals surface area contributed by atoms with Crippen LogP contribution in [0.25, 0.3) is 0 Å². The normalized spacial score (nSPS) is 17.4. The van der Waals surface area contributed by atoms with Crippen molar-refractivity contribution in [2.75, 3.05) is 7.05 Å². The van der Waals surface area contributed by atoms with Gasteiger partial charge in [-0.15, -0.1) is 0 Å². The predicted octanol–water partition coefficient (Wildman–Crippen LogP) is 1.60. The third-order valence-electron chi connectivity index (χ3n) is 4.73. The van der Waals surface area contributed by atoms with E-state index in [9.17, 15) is 13.2 Å². The van der Waals surface area contributed by atoms with Gasteiger partial charge in [0.15, 0.2) is 0 Å².